The summed E-state index contributed by atoms with van der Waals surface area (Å²) in [6, 6.07) is 16.8. The molecule has 3 N–H and O–H groups in total. The second-order valence-corrected chi connectivity index (χ2v) is 10.1. The van der Waals surface area contributed by atoms with Gasteiger partial charge >= 0.3 is 0 Å². The number of hydrogen-bond acceptors (Lipinski definition) is 5. The zero-order chi connectivity index (χ0) is 24.6. The topological polar surface area (TPSA) is 110 Å². The van der Waals surface area contributed by atoms with E-state index in [1.807, 2.05) is 19.1 Å². The van der Waals surface area contributed by atoms with Crippen molar-refractivity contribution < 1.29 is 22.7 Å². The van der Waals surface area contributed by atoms with E-state index in [0.29, 0.717) is 42.5 Å². The average Bonchev–Trinajstić information content (AvgIpc) is 3.15. The molecule has 1 aliphatic rings. The van der Waals surface area contributed by atoms with Gasteiger partial charge in [0.15, 0.2) is 11.5 Å². The first-order chi connectivity index (χ1) is 16.8. The molecular weight excluding hydrogens is 466 g/mol. The molecule has 3 aromatic carbocycles. The second-order valence-electron chi connectivity index (χ2n) is 8.43. The van der Waals surface area contributed by atoms with Gasteiger partial charge in [0, 0.05) is 40.5 Å². The molecule has 1 aromatic heterocycles. The number of hydrogen-bond donors (Lipinski definition) is 3. The number of amides is 1. The number of fused-ring (bicyclic) bond motifs is 2. The van der Waals surface area contributed by atoms with Crippen LogP contribution in [-0.2, 0) is 16.6 Å². The molecule has 2 heterocycles. The highest BCUT2D eigenvalue weighted by Gasteiger charge is 2.19. The fourth-order valence-electron chi connectivity index (χ4n) is 4.00. The molecule has 1 amide bonds. The second kappa shape index (κ2) is 8.99. The third-order valence-corrected chi connectivity index (χ3v) is 7.43. The molecule has 0 saturated carbocycles. The van der Waals surface area contributed by atoms with Crippen LogP contribution < -0.4 is 19.5 Å². The van der Waals surface area contributed by atoms with Crippen molar-refractivity contribution in [3.8, 4) is 11.5 Å². The lowest BCUT2D eigenvalue weighted by Crippen LogP contribution is -2.22. The molecule has 9 heteroatoms. The summed E-state index contributed by atoms with van der Waals surface area (Å²) in [6.45, 7) is 5.29. The maximum Gasteiger partial charge on any atom is 0.262 e. The fourth-order valence-corrected chi connectivity index (χ4v) is 5.07. The van der Waals surface area contributed by atoms with Crippen LogP contribution in [0.1, 0.15) is 27.2 Å². The van der Waals surface area contributed by atoms with Gasteiger partial charge in [0.05, 0.1) is 4.90 Å². The number of carbonyl (C=O) groups is 1. The van der Waals surface area contributed by atoms with Crippen LogP contribution in [0.2, 0.25) is 0 Å². The summed E-state index contributed by atoms with van der Waals surface area (Å²) in [5.41, 5.74) is 5.18. The van der Waals surface area contributed by atoms with E-state index in [4.69, 9.17) is 9.47 Å². The van der Waals surface area contributed by atoms with Gasteiger partial charge in [-0.3, -0.25) is 9.52 Å². The number of nitrogens with one attached hydrogen (secondary N) is 3. The Bertz CT molecular complexity index is 1520. The van der Waals surface area contributed by atoms with E-state index in [0.717, 1.165) is 22.2 Å². The Labute approximate surface area is 203 Å². The van der Waals surface area contributed by atoms with Crippen LogP contribution in [0.15, 0.2) is 65.6 Å². The molecule has 0 radical (unpaired) electrons. The van der Waals surface area contributed by atoms with E-state index < -0.39 is 10.0 Å². The third-order valence-electron chi connectivity index (χ3n) is 6.05. The van der Waals surface area contributed by atoms with Crippen LogP contribution in [-0.4, -0.2) is 32.5 Å². The van der Waals surface area contributed by atoms with E-state index in [1.54, 1.807) is 30.3 Å². The Morgan fingerprint density at radius 2 is 1.69 bits per heavy atom. The lowest BCUT2D eigenvalue weighted by molar-refractivity contribution is 0.0951. The molecule has 0 bridgehead atoms. The Hall–Kier alpha value is -3.98. The molecular formula is C26H25N3O5S. The molecule has 0 saturated heterocycles. The largest absolute Gasteiger partial charge is 0.486 e. The highest BCUT2D eigenvalue weighted by Crippen LogP contribution is 2.32. The number of aromatic nitrogens is 1. The normalized spacial score (nSPS) is 13.0. The van der Waals surface area contributed by atoms with E-state index in [-0.39, 0.29) is 10.8 Å². The number of sulfonamides is 1. The van der Waals surface area contributed by atoms with Crippen molar-refractivity contribution >= 4 is 32.5 Å². The number of aryl methyl sites for hydroxylation is 2. The first kappa shape index (κ1) is 22.8. The fraction of sp³-hybridized carbons (Fsp3) is 0.192. The van der Waals surface area contributed by atoms with Crippen LogP contribution in [0.3, 0.4) is 0 Å². The van der Waals surface area contributed by atoms with Crippen molar-refractivity contribution in [3.63, 3.8) is 0 Å². The van der Waals surface area contributed by atoms with Crippen molar-refractivity contribution in [2.45, 2.75) is 25.3 Å². The molecule has 0 fully saturated rings. The monoisotopic (exact) mass is 491 g/mol. The van der Waals surface area contributed by atoms with E-state index in [9.17, 15) is 13.2 Å². The zero-order valence-corrected chi connectivity index (χ0v) is 20.2. The highest BCUT2D eigenvalue weighted by molar-refractivity contribution is 7.92. The standard InChI is InChI=1S/C26H25N3O5S/c1-16-17(2)28-23-9-3-18(13-22(16)23)15-27-26(30)19-4-6-20(7-5-19)29-35(31,32)21-8-10-24-25(14-21)34-12-11-33-24/h3-10,13-14,28-29H,11-12,15H2,1-2H3,(H,27,30). The summed E-state index contributed by atoms with van der Waals surface area (Å²) in [5, 5.41) is 4.06. The van der Waals surface area contributed by atoms with Crippen molar-refractivity contribution in [1.82, 2.24) is 10.3 Å². The maximum atomic E-state index is 12.8. The number of benzene rings is 3. The van der Waals surface area contributed by atoms with E-state index in [2.05, 4.69) is 28.0 Å². The number of anilines is 1. The first-order valence-electron chi connectivity index (χ1n) is 11.2. The maximum absolute atomic E-state index is 12.8. The lowest BCUT2D eigenvalue weighted by atomic mass is 10.1. The summed E-state index contributed by atoms with van der Waals surface area (Å²) in [7, 11) is -3.83. The van der Waals surface area contributed by atoms with Gasteiger partial charge in [-0.25, -0.2) is 8.42 Å². The summed E-state index contributed by atoms with van der Waals surface area (Å²) in [5.74, 6) is 0.671. The van der Waals surface area contributed by atoms with Crippen molar-refractivity contribution in [1.29, 1.82) is 0 Å². The molecule has 5 rings (SSSR count). The van der Waals surface area contributed by atoms with E-state index >= 15 is 0 Å². The molecule has 0 spiro atoms. The predicted molar refractivity (Wildman–Crippen MR) is 134 cm³/mol. The number of carbonyl (C=O) groups excluding carboxylic acids is 1. The molecule has 4 aromatic rings. The third kappa shape index (κ3) is 4.67. The van der Waals surface area contributed by atoms with Gasteiger partial charge in [-0.1, -0.05) is 6.07 Å². The number of rotatable bonds is 6. The predicted octanol–water partition coefficient (Wildman–Crippen LogP) is 4.29. The minimum Gasteiger partial charge on any atom is -0.486 e. The van der Waals surface area contributed by atoms with Gasteiger partial charge in [0.2, 0.25) is 0 Å². The van der Waals surface area contributed by atoms with Gasteiger partial charge in [-0.15, -0.1) is 0 Å². The van der Waals surface area contributed by atoms with Gasteiger partial charge in [-0.2, -0.15) is 0 Å². The van der Waals surface area contributed by atoms with Crippen molar-refractivity contribution in [3.05, 3.63) is 83.0 Å². The Kier molecular flexibility index (Phi) is 5.86. The Morgan fingerprint density at radius 3 is 2.46 bits per heavy atom. The van der Waals surface area contributed by atoms with Gasteiger partial charge < -0.3 is 19.8 Å². The van der Waals surface area contributed by atoms with E-state index in [1.165, 1.54) is 17.7 Å². The molecule has 1 aliphatic heterocycles. The number of H-pyrrole nitrogens is 1. The van der Waals surface area contributed by atoms with Crippen LogP contribution in [0.5, 0.6) is 11.5 Å². The number of ether oxygens (including phenoxy) is 2. The minimum absolute atomic E-state index is 0.0633. The average molecular weight is 492 g/mol. The van der Waals surface area contributed by atoms with Crippen molar-refractivity contribution in [2.24, 2.45) is 0 Å². The summed E-state index contributed by atoms with van der Waals surface area (Å²) < 4.78 is 39.0. The van der Waals surface area contributed by atoms with Gasteiger partial charge in [0.25, 0.3) is 15.9 Å². The van der Waals surface area contributed by atoms with Crippen molar-refractivity contribution in [2.75, 3.05) is 17.9 Å². The summed E-state index contributed by atoms with van der Waals surface area (Å²) in [4.78, 5) is 16.0. The molecule has 8 nitrogen and oxygen atoms in total. The van der Waals surface area contributed by atoms with Crippen LogP contribution >= 0.6 is 0 Å². The van der Waals surface area contributed by atoms with Crippen LogP contribution in [0.25, 0.3) is 10.9 Å². The summed E-state index contributed by atoms with van der Waals surface area (Å²) in [6.07, 6.45) is 0. The Balaban J connectivity index is 1.24. The minimum atomic E-state index is -3.83. The smallest absolute Gasteiger partial charge is 0.262 e. The summed E-state index contributed by atoms with van der Waals surface area (Å²) >= 11 is 0. The molecule has 0 unspecified atom stereocenters. The van der Waals surface area contributed by atoms with Crippen LogP contribution in [0.4, 0.5) is 5.69 Å². The number of aromatic amines is 1. The Morgan fingerprint density at radius 1 is 0.943 bits per heavy atom. The first-order valence-corrected chi connectivity index (χ1v) is 12.7. The van der Waals surface area contributed by atoms with Gasteiger partial charge in [0.1, 0.15) is 13.2 Å². The highest BCUT2D eigenvalue weighted by atomic mass is 32.2. The van der Waals surface area contributed by atoms with Crippen LogP contribution in [0, 0.1) is 13.8 Å². The molecule has 35 heavy (non-hydrogen) atoms. The van der Waals surface area contributed by atoms with Gasteiger partial charge in [-0.05, 0) is 73.5 Å². The molecule has 0 aliphatic carbocycles. The molecule has 180 valence electrons. The SMILES string of the molecule is Cc1[nH]c2ccc(CNC(=O)c3ccc(NS(=O)(=O)c4ccc5c(c4)OCCO5)cc3)cc2c1C. The zero-order valence-electron chi connectivity index (χ0n) is 19.3. The quantitative estimate of drug-likeness (QED) is 0.373. The molecule has 0 atom stereocenters. The lowest BCUT2D eigenvalue weighted by Gasteiger charge is -2.19.